The molecule has 0 heterocycles. The summed E-state index contributed by atoms with van der Waals surface area (Å²) in [6.45, 7) is 0.569. The summed E-state index contributed by atoms with van der Waals surface area (Å²) in [5.41, 5.74) is 0.835. The third-order valence-corrected chi connectivity index (χ3v) is 7.22. The van der Waals surface area contributed by atoms with Crippen LogP contribution >= 0.6 is 0 Å². The molecule has 0 radical (unpaired) electrons. The second-order valence-electron chi connectivity index (χ2n) is 6.77. The van der Waals surface area contributed by atoms with Crippen molar-refractivity contribution in [3.8, 4) is 0 Å². The third kappa shape index (κ3) is 2.14. The minimum absolute atomic E-state index is 0.198. The average Bonchev–Trinajstić information content (AvgIpc) is 2.85. The monoisotopic (exact) mass is 306 g/mol. The highest BCUT2D eigenvalue weighted by Gasteiger charge is 2.65. The van der Waals surface area contributed by atoms with Crippen LogP contribution in [0.2, 0.25) is 0 Å². The molecule has 2 N–H and O–H groups in total. The molecule has 21 heavy (non-hydrogen) atoms. The van der Waals surface area contributed by atoms with Crippen LogP contribution in [0.3, 0.4) is 0 Å². The molecular weight excluding hydrogens is 284 g/mol. The van der Waals surface area contributed by atoms with Crippen LogP contribution < -0.4 is 10.0 Å². The van der Waals surface area contributed by atoms with Crippen molar-refractivity contribution in [3.63, 3.8) is 0 Å². The lowest BCUT2D eigenvalue weighted by molar-refractivity contribution is 0.456. The molecule has 5 heteroatoms. The predicted octanol–water partition coefficient (Wildman–Crippen LogP) is 1.73. The van der Waals surface area contributed by atoms with Crippen LogP contribution in [-0.2, 0) is 16.6 Å². The van der Waals surface area contributed by atoms with E-state index in [1.807, 2.05) is 19.2 Å². The van der Waals surface area contributed by atoms with E-state index < -0.39 is 10.0 Å². The number of rotatable bonds is 5. The molecular formula is C16H22N2O2S. The van der Waals surface area contributed by atoms with Gasteiger partial charge in [0.05, 0.1) is 4.90 Å². The SMILES string of the molecule is CNCc1ccccc1S(=O)(=O)NC1C2C3CCC(C3)C12. The zero-order valence-electron chi connectivity index (χ0n) is 12.2. The van der Waals surface area contributed by atoms with Crippen molar-refractivity contribution in [3.05, 3.63) is 29.8 Å². The molecule has 4 nitrogen and oxygen atoms in total. The van der Waals surface area contributed by atoms with Gasteiger partial charge in [-0.2, -0.15) is 0 Å². The van der Waals surface area contributed by atoms with Gasteiger partial charge in [-0.15, -0.1) is 0 Å². The van der Waals surface area contributed by atoms with E-state index in [1.54, 1.807) is 12.1 Å². The van der Waals surface area contributed by atoms with Crippen LogP contribution in [0.15, 0.2) is 29.2 Å². The number of fused-ring (bicyclic) bond motifs is 5. The van der Waals surface area contributed by atoms with Gasteiger partial charge in [0.2, 0.25) is 10.0 Å². The van der Waals surface area contributed by atoms with Gasteiger partial charge in [-0.25, -0.2) is 13.1 Å². The molecule has 0 spiro atoms. The van der Waals surface area contributed by atoms with Crippen molar-refractivity contribution in [1.29, 1.82) is 0 Å². The van der Waals surface area contributed by atoms with Gasteiger partial charge in [0.1, 0.15) is 0 Å². The molecule has 1 aromatic rings. The number of hydrogen-bond donors (Lipinski definition) is 2. The second kappa shape index (κ2) is 4.80. The Morgan fingerprint density at radius 1 is 1.14 bits per heavy atom. The summed E-state index contributed by atoms with van der Waals surface area (Å²) in [5.74, 6) is 2.80. The Balaban J connectivity index is 1.55. The molecule has 0 aliphatic heterocycles. The number of sulfonamides is 1. The third-order valence-electron chi connectivity index (χ3n) is 5.66. The van der Waals surface area contributed by atoms with Gasteiger partial charge in [-0.3, -0.25) is 0 Å². The first-order valence-electron chi connectivity index (χ1n) is 7.86. The highest BCUT2D eigenvalue weighted by molar-refractivity contribution is 7.89. The van der Waals surface area contributed by atoms with Crippen molar-refractivity contribution in [2.75, 3.05) is 7.05 Å². The predicted molar refractivity (Wildman–Crippen MR) is 81.1 cm³/mol. The van der Waals surface area contributed by atoms with Gasteiger partial charge >= 0.3 is 0 Å². The molecule has 1 aromatic carbocycles. The maximum Gasteiger partial charge on any atom is 0.241 e. The first-order valence-corrected chi connectivity index (χ1v) is 9.35. The minimum atomic E-state index is -3.40. The lowest BCUT2D eigenvalue weighted by Gasteiger charge is -2.14. The molecule has 0 saturated heterocycles. The topological polar surface area (TPSA) is 58.2 Å². The molecule has 3 fully saturated rings. The van der Waals surface area contributed by atoms with Crippen LogP contribution in [-0.4, -0.2) is 21.5 Å². The molecule has 3 aliphatic rings. The molecule has 114 valence electrons. The quantitative estimate of drug-likeness (QED) is 0.871. The molecule has 2 bridgehead atoms. The van der Waals surface area contributed by atoms with Crippen LogP contribution in [0, 0.1) is 23.7 Å². The summed E-state index contributed by atoms with van der Waals surface area (Å²) < 4.78 is 28.4. The fraction of sp³-hybridized carbons (Fsp3) is 0.625. The summed E-state index contributed by atoms with van der Waals surface area (Å²) in [6.07, 6.45) is 3.95. The average molecular weight is 306 g/mol. The summed E-state index contributed by atoms with van der Waals surface area (Å²) >= 11 is 0. The Labute approximate surface area is 126 Å². The van der Waals surface area contributed by atoms with Crippen LogP contribution in [0.25, 0.3) is 0 Å². The van der Waals surface area contributed by atoms with Gasteiger partial charge in [0.15, 0.2) is 0 Å². The Kier molecular flexibility index (Phi) is 3.14. The van der Waals surface area contributed by atoms with Gasteiger partial charge < -0.3 is 5.32 Å². The largest absolute Gasteiger partial charge is 0.316 e. The molecule has 0 amide bonds. The van der Waals surface area contributed by atoms with Crippen LogP contribution in [0.1, 0.15) is 24.8 Å². The minimum Gasteiger partial charge on any atom is -0.316 e. The highest BCUT2D eigenvalue weighted by Crippen LogP contribution is 2.65. The maximum absolute atomic E-state index is 12.7. The summed E-state index contributed by atoms with van der Waals surface area (Å²) in [5, 5.41) is 3.04. The maximum atomic E-state index is 12.7. The number of nitrogens with one attached hydrogen (secondary N) is 2. The highest BCUT2D eigenvalue weighted by atomic mass is 32.2. The van der Waals surface area contributed by atoms with E-state index in [-0.39, 0.29) is 6.04 Å². The van der Waals surface area contributed by atoms with Crippen LogP contribution in [0.5, 0.6) is 0 Å². The van der Waals surface area contributed by atoms with Crippen molar-refractivity contribution in [2.45, 2.75) is 36.7 Å². The van der Waals surface area contributed by atoms with E-state index in [1.165, 1.54) is 19.3 Å². The Morgan fingerprint density at radius 2 is 1.81 bits per heavy atom. The molecule has 3 saturated carbocycles. The van der Waals surface area contributed by atoms with Crippen molar-refractivity contribution in [1.82, 2.24) is 10.0 Å². The van der Waals surface area contributed by atoms with Gasteiger partial charge in [0, 0.05) is 12.6 Å². The standard InChI is InChI=1S/C16H22N2O2S/c1-17-9-12-4-2-3-5-13(12)21(19,20)18-16-14-10-6-7-11(8-10)15(14)16/h2-5,10-11,14-18H,6-9H2,1H3. The second-order valence-corrected chi connectivity index (χ2v) is 8.46. The molecule has 4 rings (SSSR count). The Hall–Kier alpha value is -0.910. The summed E-state index contributed by atoms with van der Waals surface area (Å²) in [6, 6.07) is 7.47. The first-order chi connectivity index (χ1) is 10.1. The molecule has 4 atom stereocenters. The molecule has 0 aromatic heterocycles. The Morgan fingerprint density at radius 3 is 2.48 bits per heavy atom. The zero-order valence-corrected chi connectivity index (χ0v) is 13.1. The first kappa shape index (κ1) is 13.7. The lowest BCUT2D eigenvalue weighted by Crippen LogP contribution is -2.31. The lowest BCUT2D eigenvalue weighted by atomic mass is 10.0. The van der Waals surface area contributed by atoms with E-state index in [4.69, 9.17) is 0 Å². The van der Waals surface area contributed by atoms with Gasteiger partial charge in [-0.05, 0) is 61.6 Å². The van der Waals surface area contributed by atoms with Crippen LogP contribution in [0.4, 0.5) is 0 Å². The van der Waals surface area contributed by atoms with E-state index in [0.717, 1.165) is 17.4 Å². The van der Waals surface area contributed by atoms with Crippen molar-refractivity contribution < 1.29 is 8.42 Å². The van der Waals surface area contributed by atoms with E-state index >= 15 is 0 Å². The number of hydrogen-bond acceptors (Lipinski definition) is 3. The molecule has 3 aliphatic carbocycles. The summed E-state index contributed by atoms with van der Waals surface area (Å²) in [7, 11) is -1.57. The summed E-state index contributed by atoms with van der Waals surface area (Å²) in [4.78, 5) is 0.427. The van der Waals surface area contributed by atoms with E-state index in [2.05, 4.69) is 10.0 Å². The van der Waals surface area contributed by atoms with Gasteiger partial charge in [-0.1, -0.05) is 18.2 Å². The normalized spacial score (nSPS) is 36.7. The van der Waals surface area contributed by atoms with E-state index in [9.17, 15) is 8.42 Å². The number of benzene rings is 1. The van der Waals surface area contributed by atoms with Crippen molar-refractivity contribution >= 4 is 10.0 Å². The van der Waals surface area contributed by atoms with Crippen molar-refractivity contribution in [2.24, 2.45) is 23.7 Å². The Bertz CT molecular complexity index is 642. The smallest absolute Gasteiger partial charge is 0.241 e. The van der Waals surface area contributed by atoms with E-state index in [0.29, 0.717) is 23.3 Å². The zero-order chi connectivity index (χ0) is 14.6. The van der Waals surface area contributed by atoms with Gasteiger partial charge in [0.25, 0.3) is 0 Å². The molecule has 4 unspecified atom stereocenters. The fourth-order valence-corrected chi connectivity index (χ4v) is 6.37. The fourth-order valence-electron chi connectivity index (χ4n) is 4.83.